The minimum absolute atomic E-state index is 0.819. The second kappa shape index (κ2) is 6.59. The number of hydrogen-bond acceptors (Lipinski definition) is 3. The predicted molar refractivity (Wildman–Crippen MR) is 34.1 cm³/mol. The van der Waals surface area contributed by atoms with Gasteiger partial charge in [0, 0.05) is 19.9 Å². The molecule has 3 nitrogen and oxygen atoms in total. The summed E-state index contributed by atoms with van der Waals surface area (Å²) in [5.41, 5.74) is 0. The van der Waals surface area contributed by atoms with Crippen LogP contribution in [0.15, 0.2) is 4.99 Å². The molecule has 0 aromatic heterocycles. The van der Waals surface area contributed by atoms with Gasteiger partial charge in [-0.3, -0.25) is 10.3 Å². The zero-order valence-electron chi connectivity index (χ0n) is 5.09. The van der Waals surface area contributed by atoms with Crippen LogP contribution in [0.4, 0.5) is 0 Å². The number of nitrogens with one attached hydrogen (secondary N) is 1. The highest BCUT2D eigenvalue weighted by atomic mass is 16.2. The minimum Gasteiger partial charge on any atom is -0.400 e. The Balaban J connectivity index is 0.000000222. The quantitative estimate of drug-likeness (QED) is 0.453. The Morgan fingerprint density at radius 1 is 1.62 bits per heavy atom. The Morgan fingerprint density at radius 3 is 2.50 bits per heavy atom. The molecule has 48 valence electrons. The number of aliphatic imine (C=N–C) groups is 1. The highest BCUT2D eigenvalue weighted by molar-refractivity contribution is 5.57. The molecular weight excluding hydrogens is 104 g/mol. The highest BCUT2D eigenvalue weighted by Crippen LogP contribution is 1.76. The molecule has 3 heteroatoms. The summed E-state index contributed by atoms with van der Waals surface area (Å²) in [6.45, 7) is 1.92. The lowest BCUT2D eigenvalue weighted by atomic mass is 10.4. The summed E-state index contributed by atoms with van der Waals surface area (Å²) in [4.78, 5) is 3.94. The average Bonchev–Trinajstić information content (AvgIpc) is 1.96. The maximum absolute atomic E-state index is 7.00. The Bertz CT molecular complexity index is 55.4. The maximum atomic E-state index is 7.00. The second-order valence-corrected chi connectivity index (χ2v) is 1.31. The number of aliphatic hydroxyl groups is 1. The molecular formula is C5H12N2O. The summed E-state index contributed by atoms with van der Waals surface area (Å²) >= 11 is 0. The van der Waals surface area contributed by atoms with Crippen LogP contribution in [0.25, 0.3) is 0 Å². The summed E-state index contributed by atoms with van der Waals surface area (Å²) in [7, 11) is 1.00. The Morgan fingerprint density at radius 2 is 2.38 bits per heavy atom. The molecule has 0 aliphatic carbocycles. The number of rotatable bonds is 0. The van der Waals surface area contributed by atoms with Crippen molar-refractivity contribution in [1.82, 2.24) is 5.32 Å². The highest BCUT2D eigenvalue weighted by Gasteiger charge is 1.85. The Labute approximate surface area is 49.4 Å². The fourth-order valence-electron chi connectivity index (χ4n) is 0.466. The first kappa shape index (κ1) is 7.59. The van der Waals surface area contributed by atoms with Crippen molar-refractivity contribution in [3.05, 3.63) is 0 Å². The van der Waals surface area contributed by atoms with Gasteiger partial charge < -0.3 is 5.11 Å². The van der Waals surface area contributed by atoms with Crippen molar-refractivity contribution in [2.45, 2.75) is 6.42 Å². The van der Waals surface area contributed by atoms with Gasteiger partial charge in [-0.2, -0.15) is 0 Å². The fraction of sp³-hybridized carbons (Fsp3) is 0.800. The van der Waals surface area contributed by atoms with E-state index in [-0.39, 0.29) is 0 Å². The lowest BCUT2D eigenvalue weighted by Crippen LogP contribution is -2.19. The molecule has 0 atom stereocenters. The molecule has 1 rings (SSSR count). The van der Waals surface area contributed by atoms with E-state index in [1.165, 1.54) is 0 Å². The van der Waals surface area contributed by atoms with E-state index in [4.69, 9.17) is 5.11 Å². The van der Waals surface area contributed by atoms with Crippen molar-refractivity contribution in [2.75, 3.05) is 20.3 Å². The predicted octanol–water partition coefficient (Wildman–Crippen LogP) is -0.384. The van der Waals surface area contributed by atoms with Crippen LogP contribution >= 0.6 is 0 Å². The molecule has 0 saturated carbocycles. The molecule has 1 aliphatic heterocycles. The van der Waals surface area contributed by atoms with Gasteiger partial charge in [-0.1, -0.05) is 0 Å². The van der Waals surface area contributed by atoms with Crippen LogP contribution in [0.3, 0.4) is 0 Å². The van der Waals surface area contributed by atoms with Gasteiger partial charge in [-0.15, -0.1) is 0 Å². The molecule has 0 unspecified atom stereocenters. The van der Waals surface area contributed by atoms with Gasteiger partial charge in [0.25, 0.3) is 0 Å². The van der Waals surface area contributed by atoms with Gasteiger partial charge in [0.1, 0.15) is 0 Å². The summed E-state index contributed by atoms with van der Waals surface area (Å²) in [6.07, 6.45) is 3.05. The Kier molecular flexibility index (Phi) is 6.25. The molecule has 0 spiro atoms. The van der Waals surface area contributed by atoms with Gasteiger partial charge in [-0.25, -0.2) is 0 Å². The largest absolute Gasteiger partial charge is 0.400 e. The molecule has 0 bridgehead atoms. The van der Waals surface area contributed by atoms with E-state index in [0.29, 0.717) is 0 Å². The molecule has 2 N–H and O–H groups in total. The van der Waals surface area contributed by atoms with Crippen molar-refractivity contribution >= 4 is 6.21 Å². The van der Waals surface area contributed by atoms with Crippen LogP contribution < -0.4 is 5.32 Å². The van der Waals surface area contributed by atoms with E-state index in [9.17, 15) is 0 Å². The SMILES string of the molecule is C1=NCNCC1.CO. The molecule has 0 aromatic carbocycles. The third-order valence-corrected chi connectivity index (χ3v) is 0.782. The van der Waals surface area contributed by atoms with E-state index in [2.05, 4.69) is 10.3 Å². The molecule has 0 amide bonds. The van der Waals surface area contributed by atoms with Crippen molar-refractivity contribution in [3.63, 3.8) is 0 Å². The number of aliphatic hydroxyl groups excluding tert-OH is 1. The first-order valence-electron chi connectivity index (χ1n) is 2.64. The first-order chi connectivity index (χ1) is 4.00. The summed E-state index contributed by atoms with van der Waals surface area (Å²) in [5, 5.41) is 10.1. The monoisotopic (exact) mass is 116 g/mol. The van der Waals surface area contributed by atoms with E-state index in [0.717, 1.165) is 26.7 Å². The Hall–Kier alpha value is -0.410. The van der Waals surface area contributed by atoms with Crippen LogP contribution in [-0.4, -0.2) is 31.6 Å². The zero-order chi connectivity index (χ0) is 6.24. The van der Waals surface area contributed by atoms with Gasteiger partial charge >= 0.3 is 0 Å². The molecule has 0 radical (unpaired) electrons. The average molecular weight is 116 g/mol. The fourth-order valence-corrected chi connectivity index (χ4v) is 0.466. The van der Waals surface area contributed by atoms with Gasteiger partial charge in [0.05, 0.1) is 6.67 Å². The lowest BCUT2D eigenvalue weighted by Gasteiger charge is -2.01. The minimum atomic E-state index is 0.819. The molecule has 0 saturated heterocycles. The smallest absolute Gasteiger partial charge is 0.0880 e. The van der Waals surface area contributed by atoms with E-state index < -0.39 is 0 Å². The molecule has 0 aromatic rings. The van der Waals surface area contributed by atoms with E-state index in [1.54, 1.807) is 0 Å². The van der Waals surface area contributed by atoms with Crippen LogP contribution in [0.1, 0.15) is 6.42 Å². The molecule has 1 heterocycles. The van der Waals surface area contributed by atoms with Crippen LogP contribution in [-0.2, 0) is 0 Å². The molecule has 8 heavy (non-hydrogen) atoms. The first-order valence-corrected chi connectivity index (χ1v) is 2.64. The van der Waals surface area contributed by atoms with Crippen molar-refractivity contribution in [2.24, 2.45) is 4.99 Å². The second-order valence-electron chi connectivity index (χ2n) is 1.31. The topological polar surface area (TPSA) is 44.6 Å². The maximum Gasteiger partial charge on any atom is 0.0880 e. The van der Waals surface area contributed by atoms with Crippen LogP contribution in [0, 0.1) is 0 Å². The van der Waals surface area contributed by atoms with E-state index in [1.807, 2.05) is 6.21 Å². The van der Waals surface area contributed by atoms with Crippen molar-refractivity contribution in [1.29, 1.82) is 0 Å². The van der Waals surface area contributed by atoms with Gasteiger partial charge in [0.2, 0.25) is 0 Å². The molecule has 0 fully saturated rings. The standard InChI is InChI=1S/C4H8N2.CH4O/c1-2-5-4-6-3-1;1-2/h2,6H,1,3-4H2;2H,1H3. The normalized spacial score (nSPS) is 16.8. The summed E-state index contributed by atoms with van der Waals surface area (Å²) in [5.74, 6) is 0. The third-order valence-electron chi connectivity index (χ3n) is 0.782. The van der Waals surface area contributed by atoms with Crippen molar-refractivity contribution in [3.8, 4) is 0 Å². The van der Waals surface area contributed by atoms with Crippen molar-refractivity contribution < 1.29 is 5.11 Å². The number of hydrogen-bond donors (Lipinski definition) is 2. The van der Waals surface area contributed by atoms with Crippen LogP contribution in [0.5, 0.6) is 0 Å². The van der Waals surface area contributed by atoms with Gasteiger partial charge in [0.15, 0.2) is 0 Å². The lowest BCUT2D eigenvalue weighted by molar-refractivity contribution is 0.399. The summed E-state index contributed by atoms with van der Waals surface area (Å²) < 4.78 is 0. The van der Waals surface area contributed by atoms with Gasteiger partial charge in [-0.05, 0) is 6.42 Å². The van der Waals surface area contributed by atoms with Crippen LogP contribution in [0.2, 0.25) is 0 Å². The van der Waals surface area contributed by atoms with E-state index >= 15 is 0 Å². The summed E-state index contributed by atoms with van der Waals surface area (Å²) in [6, 6.07) is 0. The molecule has 1 aliphatic rings. The third kappa shape index (κ3) is 3.77. The zero-order valence-corrected chi connectivity index (χ0v) is 5.09. The number of nitrogens with zero attached hydrogens (tertiary/aromatic N) is 1.